The molecule has 0 aliphatic heterocycles. The Kier molecular flexibility index (Phi) is 4.59. The molecule has 1 aromatic carbocycles. The first-order chi connectivity index (χ1) is 9.76. The summed E-state index contributed by atoms with van der Waals surface area (Å²) in [6.07, 6.45) is 1.40. The van der Waals surface area contributed by atoms with Gasteiger partial charge in [-0.2, -0.15) is 5.10 Å². The Bertz CT molecular complexity index is 659. The van der Waals surface area contributed by atoms with Crippen molar-refractivity contribution in [1.29, 1.82) is 0 Å². The number of hydrogen-bond donors (Lipinski definition) is 1. The lowest BCUT2D eigenvalue weighted by molar-refractivity contribution is 0.0553. The largest absolute Gasteiger partial charge is 0.385 e. The van der Waals surface area contributed by atoms with E-state index in [1.165, 1.54) is 11.1 Å². The predicted molar refractivity (Wildman–Crippen MR) is 89.5 cm³/mol. The summed E-state index contributed by atoms with van der Waals surface area (Å²) in [6, 6.07) is 6.14. The van der Waals surface area contributed by atoms with E-state index in [4.69, 9.17) is 0 Å². The fourth-order valence-corrected chi connectivity index (χ4v) is 3.27. The third kappa shape index (κ3) is 3.22. The maximum atomic E-state index is 10.9. The van der Waals surface area contributed by atoms with Crippen molar-refractivity contribution in [1.82, 2.24) is 9.78 Å². The molecule has 114 valence electrons. The highest BCUT2D eigenvalue weighted by Gasteiger charge is 2.27. The van der Waals surface area contributed by atoms with E-state index in [1.54, 1.807) is 0 Å². The van der Waals surface area contributed by atoms with E-state index in [0.29, 0.717) is 6.42 Å². The van der Waals surface area contributed by atoms with Gasteiger partial charge in [-0.3, -0.25) is 4.68 Å². The molecule has 0 spiro atoms. The van der Waals surface area contributed by atoms with Crippen molar-refractivity contribution in [3.63, 3.8) is 0 Å². The monoisotopic (exact) mass is 350 g/mol. The van der Waals surface area contributed by atoms with Crippen molar-refractivity contribution in [2.75, 3.05) is 0 Å². The Morgan fingerprint density at radius 1 is 1.29 bits per heavy atom. The van der Waals surface area contributed by atoms with Gasteiger partial charge in [-0.25, -0.2) is 0 Å². The Labute approximate surface area is 135 Å². The maximum absolute atomic E-state index is 10.9. The number of aromatic nitrogens is 2. The van der Waals surface area contributed by atoms with Gasteiger partial charge < -0.3 is 5.11 Å². The first-order valence-corrected chi connectivity index (χ1v) is 8.06. The van der Waals surface area contributed by atoms with Crippen LogP contribution in [0.5, 0.6) is 0 Å². The SMILES string of the molecule is CCc1nn(C)c(CC(C)(O)c2ccc(C)c(C)c2)c1Br. The normalized spacial score (nSPS) is 14.2. The van der Waals surface area contributed by atoms with Gasteiger partial charge in [0.25, 0.3) is 0 Å². The standard InChI is InChI=1S/C17H23BrN2O/c1-6-14-16(18)15(20(5)19-14)10-17(4,21)13-8-7-11(2)12(3)9-13/h7-9,21H,6,10H2,1-5H3. The number of aryl methyl sites for hydroxylation is 4. The first kappa shape index (κ1) is 16.2. The van der Waals surface area contributed by atoms with E-state index in [-0.39, 0.29) is 0 Å². The number of hydrogen-bond acceptors (Lipinski definition) is 2. The van der Waals surface area contributed by atoms with Crippen molar-refractivity contribution in [2.45, 2.75) is 46.1 Å². The molecule has 1 aromatic heterocycles. The summed E-state index contributed by atoms with van der Waals surface area (Å²) in [7, 11) is 1.93. The summed E-state index contributed by atoms with van der Waals surface area (Å²) in [5.74, 6) is 0. The van der Waals surface area contributed by atoms with Crippen LogP contribution in [0.4, 0.5) is 0 Å². The highest BCUT2D eigenvalue weighted by molar-refractivity contribution is 9.10. The molecule has 0 fully saturated rings. The van der Waals surface area contributed by atoms with Crippen LogP contribution in [0.3, 0.4) is 0 Å². The fraction of sp³-hybridized carbons (Fsp3) is 0.471. The Morgan fingerprint density at radius 2 is 1.95 bits per heavy atom. The van der Waals surface area contributed by atoms with Gasteiger partial charge in [-0.1, -0.05) is 25.1 Å². The molecule has 21 heavy (non-hydrogen) atoms. The number of nitrogens with zero attached hydrogens (tertiary/aromatic N) is 2. The second kappa shape index (κ2) is 5.93. The third-order valence-electron chi connectivity index (χ3n) is 4.14. The fourth-order valence-electron chi connectivity index (χ4n) is 2.52. The molecular weight excluding hydrogens is 328 g/mol. The van der Waals surface area contributed by atoms with Crippen molar-refractivity contribution in [3.8, 4) is 0 Å². The minimum atomic E-state index is -0.917. The van der Waals surface area contributed by atoms with Crippen LogP contribution in [0.25, 0.3) is 0 Å². The average molecular weight is 351 g/mol. The lowest BCUT2D eigenvalue weighted by Gasteiger charge is -2.25. The lowest BCUT2D eigenvalue weighted by Crippen LogP contribution is -2.26. The van der Waals surface area contributed by atoms with E-state index in [1.807, 2.05) is 24.7 Å². The van der Waals surface area contributed by atoms with Crippen molar-refractivity contribution in [3.05, 3.63) is 50.8 Å². The number of rotatable bonds is 4. The number of halogens is 1. The zero-order valence-electron chi connectivity index (χ0n) is 13.4. The van der Waals surface area contributed by atoms with E-state index in [9.17, 15) is 5.11 Å². The Hall–Kier alpha value is -1.13. The molecule has 1 unspecified atom stereocenters. The van der Waals surface area contributed by atoms with E-state index in [2.05, 4.69) is 53.9 Å². The molecule has 3 nitrogen and oxygen atoms in total. The lowest BCUT2D eigenvalue weighted by atomic mass is 9.89. The molecule has 0 saturated heterocycles. The predicted octanol–water partition coefficient (Wildman–Crippen LogP) is 3.81. The summed E-state index contributed by atoms with van der Waals surface area (Å²) >= 11 is 3.62. The molecule has 2 rings (SSSR count). The molecule has 1 heterocycles. The van der Waals surface area contributed by atoms with Gasteiger partial charge in [0.05, 0.1) is 21.5 Å². The maximum Gasteiger partial charge on any atom is 0.0924 e. The molecule has 0 aliphatic carbocycles. The smallest absolute Gasteiger partial charge is 0.0924 e. The third-order valence-corrected chi connectivity index (χ3v) is 5.06. The van der Waals surface area contributed by atoms with E-state index in [0.717, 1.165) is 27.8 Å². The average Bonchev–Trinajstić information content (AvgIpc) is 2.69. The molecule has 2 aromatic rings. The minimum absolute atomic E-state index is 0.527. The van der Waals surface area contributed by atoms with Gasteiger partial charge in [-0.15, -0.1) is 0 Å². The molecule has 0 saturated carbocycles. The van der Waals surface area contributed by atoms with Crippen LogP contribution in [-0.4, -0.2) is 14.9 Å². The van der Waals surface area contributed by atoms with Gasteiger partial charge in [0, 0.05) is 13.5 Å². The second-order valence-corrected chi connectivity index (χ2v) is 6.73. The first-order valence-electron chi connectivity index (χ1n) is 7.26. The van der Waals surface area contributed by atoms with Gasteiger partial charge in [-0.05, 0) is 59.8 Å². The van der Waals surface area contributed by atoms with E-state index >= 15 is 0 Å². The zero-order chi connectivity index (χ0) is 15.8. The summed E-state index contributed by atoms with van der Waals surface area (Å²) in [6.45, 7) is 8.10. The van der Waals surface area contributed by atoms with Crippen LogP contribution in [0.1, 0.15) is 41.9 Å². The molecule has 1 N–H and O–H groups in total. The van der Waals surface area contributed by atoms with Crippen LogP contribution < -0.4 is 0 Å². The Balaban J connectivity index is 2.37. The molecule has 0 aliphatic rings. The van der Waals surface area contributed by atoms with Crippen LogP contribution in [0.2, 0.25) is 0 Å². The van der Waals surface area contributed by atoms with Gasteiger partial charge in [0.1, 0.15) is 0 Å². The van der Waals surface area contributed by atoms with Crippen LogP contribution in [-0.2, 0) is 25.5 Å². The van der Waals surface area contributed by atoms with Crippen molar-refractivity contribution >= 4 is 15.9 Å². The molecule has 0 radical (unpaired) electrons. The molecule has 0 amide bonds. The highest BCUT2D eigenvalue weighted by Crippen LogP contribution is 2.31. The topological polar surface area (TPSA) is 38.0 Å². The Morgan fingerprint density at radius 3 is 2.48 bits per heavy atom. The van der Waals surface area contributed by atoms with Crippen LogP contribution in [0.15, 0.2) is 22.7 Å². The molecular formula is C17H23BrN2O. The van der Waals surface area contributed by atoms with Gasteiger partial charge >= 0.3 is 0 Å². The highest BCUT2D eigenvalue weighted by atomic mass is 79.9. The second-order valence-electron chi connectivity index (χ2n) is 5.93. The zero-order valence-corrected chi connectivity index (χ0v) is 15.0. The quantitative estimate of drug-likeness (QED) is 0.910. The van der Waals surface area contributed by atoms with Crippen LogP contribution in [0, 0.1) is 13.8 Å². The molecule has 1 atom stereocenters. The minimum Gasteiger partial charge on any atom is -0.385 e. The summed E-state index contributed by atoms with van der Waals surface area (Å²) < 4.78 is 2.87. The van der Waals surface area contributed by atoms with Crippen molar-refractivity contribution < 1.29 is 5.11 Å². The summed E-state index contributed by atoms with van der Waals surface area (Å²) in [5, 5.41) is 15.4. The number of benzene rings is 1. The molecule has 4 heteroatoms. The summed E-state index contributed by atoms with van der Waals surface area (Å²) in [5.41, 5.74) is 4.52. The van der Waals surface area contributed by atoms with Gasteiger partial charge in [0.15, 0.2) is 0 Å². The van der Waals surface area contributed by atoms with Gasteiger partial charge in [0.2, 0.25) is 0 Å². The van der Waals surface area contributed by atoms with E-state index < -0.39 is 5.60 Å². The van der Waals surface area contributed by atoms with Crippen LogP contribution >= 0.6 is 15.9 Å². The number of aliphatic hydroxyl groups is 1. The summed E-state index contributed by atoms with van der Waals surface area (Å²) in [4.78, 5) is 0. The van der Waals surface area contributed by atoms with Crippen molar-refractivity contribution in [2.24, 2.45) is 7.05 Å². The molecule has 0 bridgehead atoms.